The lowest BCUT2D eigenvalue weighted by atomic mass is 10.1. The lowest BCUT2D eigenvalue weighted by Crippen LogP contribution is -2.49. The molecule has 0 spiro atoms. The van der Waals surface area contributed by atoms with Crippen molar-refractivity contribution in [1.82, 2.24) is 5.32 Å². The number of aliphatic hydroxyl groups is 1. The van der Waals surface area contributed by atoms with E-state index in [4.69, 9.17) is 4.74 Å². The van der Waals surface area contributed by atoms with Crippen LogP contribution in [0.25, 0.3) is 0 Å². The summed E-state index contributed by atoms with van der Waals surface area (Å²) < 4.78 is 5.62. The van der Waals surface area contributed by atoms with Gasteiger partial charge in [0.1, 0.15) is 0 Å². The van der Waals surface area contributed by atoms with Crippen LogP contribution in [0, 0.1) is 6.92 Å². The summed E-state index contributed by atoms with van der Waals surface area (Å²) in [5.41, 5.74) is 3.84. The highest BCUT2D eigenvalue weighted by atomic mass is 16.5. The Morgan fingerprint density at radius 3 is 2.81 bits per heavy atom. The zero-order chi connectivity index (χ0) is 15.4. The Kier molecular flexibility index (Phi) is 5.62. The number of ether oxygens (including phenoxy) is 1. The normalized spacial score (nSPS) is 22.9. The summed E-state index contributed by atoms with van der Waals surface area (Å²) in [5, 5.41) is 12.8. The molecule has 1 aromatic carbocycles. The van der Waals surface area contributed by atoms with Crippen LogP contribution in [0.2, 0.25) is 0 Å². The topological polar surface area (TPSA) is 44.7 Å². The third-order valence-electron chi connectivity index (χ3n) is 3.99. The Labute approximate surface area is 128 Å². The Morgan fingerprint density at radius 2 is 2.19 bits per heavy atom. The summed E-state index contributed by atoms with van der Waals surface area (Å²) in [7, 11) is 0. The van der Waals surface area contributed by atoms with Crippen LogP contribution in [0.5, 0.6) is 0 Å². The van der Waals surface area contributed by atoms with E-state index in [0.717, 1.165) is 13.1 Å². The van der Waals surface area contributed by atoms with Crippen LogP contribution in [-0.4, -0.2) is 43.1 Å². The molecule has 1 aliphatic heterocycles. The average Bonchev–Trinajstić information content (AvgIpc) is 2.46. The second kappa shape index (κ2) is 7.25. The quantitative estimate of drug-likeness (QED) is 0.872. The first-order valence-corrected chi connectivity index (χ1v) is 7.83. The molecule has 1 heterocycles. The zero-order valence-corrected chi connectivity index (χ0v) is 13.6. The zero-order valence-electron chi connectivity index (χ0n) is 13.6. The van der Waals surface area contributed by atoms with Crippen molar-refractivity contribution in [3.63, 3.8) is 0 Å². The van der Waals surface area contributed by atoms with Crippen molar-refractivity contribution in [2.24, 2.45) is 0 Å². The van der Waals surface area contributed by atoms with Gasteiger partial charge in [0.05, 0.1) is 19.3 Å². The van der Waals surface area contributed by atoms with Gasteiger partial charge in [0.2, 0.25) is 0 Å². The molecule has 1 fully saturated rings. The molecule has 118 valence electrons. The molecule has 1 aromatic rings. The number of nitrogens with zero attached hydrogens (tertiary/aromatic N) is 1. The van der Waals surface area contributed by atoms with Gasteiger partial charge in [-0.1, -0.05) is 26.0 Å². The molecule has 1 aliphatic rings. The molecular weight excluding hydrogens is 264 g/mol. The number of hydrogen-bond acceptors (Lipinski definition) is 4. The fourth-order valence-electron chi connectivity index (χ4n) is 2.74. The first-order valence-electron chi connectivity index (χ1n) is 7.83. The lowest BCUT2D eigenvalue weighted by Gasteiger charge is -2.40. The number of anilines is 1. The van der Waals surface area contributed by atoms with Gasteiger partial charge in [0.15, 0.2) is 0 Å². The number of aryl methyl sites for hydroxylation is 1. The van der Waals surface area contributed by atoms with Crippen molar-refractivity contribution in [1.29, 1.82) is 0 Å². The van der Waals surface area contributed by atoms with Crippen LogP contribution in [0.4, 0.5) is 5.69 Å². The van der Waals surface area contributed by atoms with Gasteiger partial charge in [-0.05, 0) is 31.0 Å². The fraction of sp³-hybridized carbons (Fsp3) is 0.647. The van der Waals surface area contributed by atoms with E-state index in [1.54, 1.807) is 0 Å². The number of benzene rings is 1. The van der Waals surface area contributed by atoms with E-state index in [1.807, 2.05) is 0 Å². The summed E-state index contributed by atoms with van der Waals surface area (Å²) in [6.07, 6.45) is -0.0807. The van der Waals surface area contributed by atoms with Crippen molar-refractivity contribution >= 4 is 5.69 Å². The van der Waals surface area contributed by atoms with Crippen molar-refractivity contribution in [3.05, 3.63) is 29.3 Å². The molecule has 0 bridgehead atoms. The molecule has 2 N–H and O–H groups in total. The molecule has 21 heavy (non-hydrogen) atoms. The Morgan fingerprint density at radius 1 is 1.43 bits per heavy atom. The average molecular weight is 292 g/mol. The predicted molar refractivity (Wildman–Crippen MR) is 86.8 cm³/mol. The summed E-state index contributed by atoms with van der Waals surface area (Å²) in [4.78, 5) is 2.35. The fourth-order valence-corrected chi connectivity index (χ4v) is 2.74. The monoisotopic (exact) mass is 292 g/mol. The highest BCUT2D eigenvalue weighted by molar-refractivity contribution is 5.55. The van der Waals surface area contributed by atoms with Crippen LogP contribution < -0.4 is 10.2 Å². The van der Waals surface area contributed by atoms with Gasteiger partial charge in [0, 0.05) is 30.9 Å². The van der Waals surface area contributed by atoms with Crippen LogP contribution in [0.1, 0.15) is 31.9 Å². The van der Waals surface area contributed by atoms with Gasteiger partial charge >= 0.3 is 0 Å². The molecule has 0 amide bonds. The molecule has 2 atom stereocenters. The number of morpholine rings is 1. The second-order valence-corrected chi connectivity index (χ2v) is 6.30. The molecule has 4 heteroatoms. The number of rotatable bonds is 5. The van der Waals surface area contributed by atoms with Crippen LogP contribution in [0.15, 0.2) is 18.2 Å². The predicted octanol–water partition coefficient (Wildman–Crippen LogP) is 2.08. The van der Waals surface area contributed by atoms with Gasteiger partial charge < -0.3 is 20.1 Å². The van der Waals surface area contributed by atoms with E-state index in [0.29, 0.717) is 18.7 Å². The standard InChI is InChI=1S/C17H28N2O2/c1-12(2)18-8-15-5-6-17(13(3)7-15)19-9-16(10-20)21-11-14(19)4/h5-7,12,14,16,18,20H,8-11H2,1-4H3. The SMILES string of the molecule is Cc1cc(CNC(C)C)ccc1N1CC(CO)OCC1C. The molecule has 0 saturated carbocycles. The van der Waals surface area contributed by atoms with Crippen LogP contribution in [-0.2, 0) is 11.3 Å². The molecule has 2 unspecified atom stereocenters. The molecule has 0 aliphatic carbocycles. The molecule has 0 aromatic heterocycles. The minimum Gasteiger partial charge on any atom is -0.394 e. The van der Waals surface area contributed by atoms with Gasteiger partial charge in [-0.15, -0.1) is 0 Å². The van der Waals surface area contributed by atoms with Crippen molar-refractivity contribution in [3.8, 4) is 0 Å². The third-order valence-corrected chi connectivity index (χ3v) is 3.99. The first-order chi connectivity index (χ1) is 10.0. The van der Waals surface area contributed by atoms with Crippen molar-refractivity contribution < 1.29 is 9.84 Å². The van der Waals surface area contributed by atoms with Crippen LogP contribution in [0.3, 0.4) is 0 Å². The van der Waals surface area contributed by atoms with E-state index in [2.05, 4.69) is 56.1 Å². The largest absolute Gasteiger partial charge is 0.394 e. The maximum atomic E-state index is 9.32. The van der Waals surface area contributed by atoms with E-state index < -0.39 is 0 Å². The highest BCUT2D eigenvalue weighted by Crippen LogP contribution is 2.26. The van der Waals surface area contributed by atoms with Gasteiger partial charge in [-0.3, -0.25) is 0 Å². The maximum Gasteiger partial charge on any atom is 0.0981 e. The summed E-state index contributed by atoms with van der Waals surface area (Å²) in [5.74, 6) is 0. The van der Waals surface area contributed by atoms with E-state index in [-0.39, 0.29) is 12.7 Å². The van der Waals surface area contributed by atoms with E-state index >= 15 is 0 Å². The van der Waals surface area contributed by atoms with Gasteiger partial charge in [0.25, 0.3) is 0 Å². The Hall–Kier alpha value is -1.10. The van der Waals surface area contributed by atoms with Crippen LogP contribution >= 0.6 is 0 Å². The number of aliphatic hydroxyl groups excluding tert-OH is 1. The smallest absolute Gasteiger partial charge is 0.0981 e. The lowest BCUT2D eigenvalue weighted by molar-refractivity contribution is -0.0103. The summed E-state index contributed by atoms with van der Waals surface area (Å²) >= 11 is 0. The molecular formula is C17H28N2O2. The molecule has 4 nitrogen and oxygen atoms in total. The highest BCUT2D eigenvalue weighted by Gasteiger charge is 2.26. The summed E-state index contributed by atoms with van der Waals surface area (Å²) in [6.45, 7) is 11.0. The van der Waals surface area contributed by atoms with Crippen molar-refractivity contribution in [2.45, 2.75) is 52.4 Å². The van der Waals surface area contributed by atoms with Crippen molar-refractivity contribution in [2.75, 3.05) is 24.7 Å². The molecule has 0 radical (unpaired) electrons. The second-order valence-electron chi connectivity index (χ2n) is 6.30. The minimum atomic E-state index is -0.0807. The summed E-state index contributed by atoms with van der Waals surface area (Å²) in [6, 6.07) is 7.47. The minimum absolute atomic E-state index is 0.0807. The van der Waals surface area contributed by atoms with E-state index in [9.17, 15) is 5.11 Å². The Balaban J connectivity index is 2.12. The molecule has 1 saturated heterocycles. The first kappa shape index (κ1) is 16.3. The number of hydrogen-bond donors (Lipinski definition) is 2. The van der Waals surface area contributed by atoms with E-state index in [1.165, 1.54) is 16.8 Å². The number of nitrogens with one attached hydrogen (secondary N) is 1. The Bertz CT molecular complexity index is 462. The van der Waals surface area contributed by atoms with Gasteiger partial charge in [-0.2, -0.15) is 0 Å². The van der Waals surface area contributed by atoms with Gasteiger partial charge in [-0.25, -0.2) is 0 Å². The third kappa shape index (κ3) is 4.19. The molecule has 2 rings (SSSR count). The maximum absolute atomic E-state index is 9.32.